The zero-order chi connectivity index (χ0) is 16.0. The first-order chi connectivity index (χ1) is 9.69. The summed E-state index contributed by atoms with van der Waals surface area (Å²) < 4.78 is 36.8. The van der Waals surface area contributed by atoms with Gasteiger partial charge < -0.3 is 10.4 Å². The van der Waals surface area contributed by atoms with Crippen LogP contribution in [0.1, 0.15) is 35.7 Å². The van der Waals surface area contributed by atoms with E-state index in [1.54, 1.807) is 12.1 Å². The number of halogens is 3. The van der Waals surface area contributed by atoms with Crippen molar-refractivity contribution in [2.24, 2.45) is 0 Å². The second-order valence-corrected chi connectivity index (χ2v) is 4.74. The highest BCUT2D eigenvalue weighted by atomic mass is 19.4. The Kier molecular flexibility index (Phi) is 5.75. The van der Waals surface area contributed by atoms with Crippen LogP contribution in [0.2, 0.25) is 0 Å². The number of carboxylic acid groups (broad SMARTS) is 1. The smallest absolute Gasteiger partial charge is 0.389 e. The lowest BCUT2D eigenvalue weighted by molar-refractivity contribution is -0.137. The van der Waals surface area contributed by atoms with E-state index in [9.17, 15) is 22.8 Å². The molecule has 21 heavy (non-hydrogen) atoms. The minimum Gasteiger partial charge on any atom is -0.481 e. The molecule has 0 bridgehead atoms. The maximum absolute atomic E-state index is 12.3. The topological polar surface area (TPSA) is 66.4 Å². The van der Waals surface area contributed by atoms with Crippen molar-refractivity contribution in [3.8, 4) is 0 Å². The number of alkyl halides is 3. The highest BCUT2D eigenvalue weighted by Gasteiger charge is 2.27. The molecule has 4 nitrogen and oxygen atoms in total. The van der Waals surface area contributed by atoms with Gasteiger partial charge in [0.05, 0.1) is 6.42 Å². The molecule has 1 aromatic rings. The first kappa shape index (κ1) is 17.0. The minimum atomic E-state index is -4.29. The number of carbonyl (C=O) groups is 2. The van der Waals surface area contributed by atoms with Gasteiger partial charge in [0.25, 0.3) is 5.91 Å². The fourth-order valence-electron chi connectivity index (χ4n) is 1.85. The van der Waals surface area contributed by atoms with Gasteiger partial charge in [0.15, 0.2) is 0 Å². The molecule has 0 aliphatic carbocycles. The van der Waals surface area contributed by atoms with Crippen molar-refractivity contribution >= 4 is 11.9 Å². The van der Waals surface area contributed by atoms with Crippen LogP contribution in [-0.2, 0) is 11.2 Å². The fourth-order valence-corrected chi connectivity index (χ4v) is 1.85. The molecule has 0 aromatic heterocycles. The molecular formula is C14H16F3NO3. The number of carbonyl (C=O) groups excluding carboxylic acids is 1. The van der Waals surface area contributed by atoms with E-state index in [0.29, 0.717) is 0 Å². The molecular weight excluding hydrogens is 287 g/mol. The number of hydrogen-bond acceptors (Lipinski definition) is 2. The molecule has 1 unspecified atom stereocenters. The lowest BCUT2D eigenvalue weighted by Crippen LogP contribution is -2.34. The zero-order valence-corrected chi connectivity index (χ0v) is 11.4. The monoisotopic (exact) mass is 303 g/mol. The number of carboxylic acids is 1. The molecule has 0 spiro atoms. The van der Waals surface area contributed by atoms with E-state index in [0.717, 1.165) is 0 Å². The third-order valence-electron chi connectivity index (χ3n) is 2.80. The number of rotatable bonds is 6. The third-order valence-corrected chi connectivity index (χ3v) is 2.80. The molecule has 0 heterocycles. The summed E-state index contributed by atoms with van der Waals surface area (Å²) in [6.45, 7) is 1.52. The van der Waals surface area contributed by atoms with E-state index in [4.69, 9.17) is 5.11 Å². The standard InChI is InChI=1S/C14H16F3NO3/c1-9(8-12(19)20)18-13(21)11-5-3-2-4-10(11)6-7-14(15,16)17/h2-5,9H,6-8H2,1H3,(H,18,21)(H,19,20). The Morgan fingerprint density at radius 3 is 2.48 bits per heavy atom. The van der Waals surface area contributed by atoms with Crippen LogP contribution in [0.25, 0.3) is 0 Å². The summed E-state index contributed by atoms with van der Waals surface area (Å²) in [5.41, 5.74) is 0.425. The van der Waals surface area contributed by atoms with Gasteiger partial charge in [-0.3, -0.25) is 9.59 Å². The van der Waals surface area contributed by atoms with Crippen LogP contribution < -0.4 is 5.32 Å². The molecule has 0 aliphatic heterocycles. The van der Waals surface area contributed by atoms with E-state index in [-0.39, 0.29) is 24.0 Å². The third kappa shape index (κ3) is 6.29. The highest BCUT2D eigenvalue weighted by Crippen LogP contribution is 2.23. The summed E-state index contributed by atoms with van der Waals surface area (Å²) in [7, 11) is 0. The quantitative estimate of drug-likeness (QED) is 0.849. The van der Waals surface area contributed by atoms with Gasteiger partial charge in [0, 0.05) is 18.0 Å². The Bertz CT molecular complexity index is 514. The second kappa shape index (κ2) is 7.10. The Morgan fingerprint density at radius 2 is 1.90 bits per heavy atom. The molecule has 0 saturated heterocycles. The van der Waals surface area contributed by atoms with Gasteiger partial charge in [-0.1, -0.05) is 18.2 Å². The van der Waals surface area contributed by atoms with E-state index in [1.807, 2.05) is 0 Å². The molecule has 2 N–H and O–H groups in total. The molecule has 7 heteroatoms. The molecule has 0 radical (unpaired) electrons. The van der Waals surface area contributed by atoms with Gasteiger partial charge in [-0.05, 0) is 25.0 Å². The molecule has 116 valence electrons. The van der Waals surface area contributed by atoms with Crippen LogP contribution in [-0.4, -0.2) is 29.2 Å². The van der Waals surface area contributed by atoms with Crippen molar-refractivity contribution in [1.29, 1.82) is 0 Å². The van der Waals surface area contributed by atoms with Gasteiger partial charge in [-0.15, -0.1) is 0 Å². The first-order valence-corrected chi connectivity index (χ1v) is 6.36. The van der Waals surface area contributed by atoms with Crippen LogP contribution in [0.3, 0.4) is 0 Å². The van der Waals surface area contributed by atoms with Crippen molar-refractivity contribution in [2.45, 2.75) is 38.4 Å². The Hall–Kier alpha value is -2.05. The summed E-state index contributed by atoms with van der Waals surface area (Å²) >= 11 is 0. The van der Waals surface area contributed by atoms with Crippen molar-refractivity contribution in [3.05, 3.63) is 35.4 Å². The van der Waals surface area contributed by atoms with E-state index in [2.05, 4.69) is 5.32 Å². The van der Waals surface area contributed by atoms with Crippen LogP contribution in [0.4, 0.5) is 13.2 Å². The Morgan fingerprint density at radius 1 is 1.29 bits per heavy atom. The Labute approximate surface area is 120 Å². The maximum atomic E-state index is 12.3. The molecule has 1 atom stereocenters. The minimum absolute atomic E-state index is 0.138. The summed E-state index contributed by atoms with van der Waals surface area (Å²) in [6, 6.07) is 5.39. The largest absolute Gasteiger partial charge is 0.481 e. The summed E-state index contributed by atoms with van der Waals surface area (Å²) in [6.07, 6.45) is -5.85. The molecule has 1 amide bonds. The number of amides is 1. The summed E-state index contributed by atoms with van der Waals surface area (Å²) in [5.74, 6) is -1.63. The van der Waals surface area contributed by atoms with Gasteiger partial charge in [-0.2, -0.15) is 13.2 Å². The predicted octanol–water partition coefficient (Wildman–Crippen LogP) is 2.77. The SMILES string of the molecule is CC(CC(=O)O)NC(=O)c1ccccc1CCC(F)(F)F. The van der Waals surface area contributed by atoms with Crippen LogP contribution in [0.5, 0.6) is 0 Å². The molecule has 1 aromatic carbocycles. The van der Waals surface area contributed by atoms with Crippen molar-refractivity contribution in [3.63, 3.8) is 0 Å². The van der Waals surface area contributed by atoms with E-state index >= 15 is 0 Å². The van der Waals surface area contributed by atoms with Crippen LogP contribution >= 0.6 is 0 Å². The van der Waals surface area contributed by atoms with Crippen LogP contribution in [0, 0.1) is 0 Å². The summed E-state index contributed by atoms with van der Waals surface area (Å²) in [4.78, 5) is 22.5. The van der Waals surface area contributed by atoms with Gasteiger partial charge >= 0.3 is 12.1 Å². The lowest BCUT2D eigenvalue weighted by Gasteiger charge is -2.14. The average Bonchev–Trinajstić information content (AvgIpc) is 2.34. The predicted molar refractivity (Wildman–Crippen MR) is 70.0 cm³/mol. The Balaban J connectivity index is 2.77. The first-order valence-electron chi connectivity index (χ1n) is 6.36. The van der Waals surface area contributed by atoms with Crippen molar-refractivity contribution < 1.29 is 27.9 Å². The normalized spacial score (nSPS) is 12.8. The fraction of sp³-hybridized carbons (Fsp3) is 0.429. The van der Waals surface area contributed by atoms with E-state index in [1.165, 1.54) is 19.1 Å². The molecule has 0 aliphatic rings. The molecule has 0 saturated carbocycles. The number of aryl methyl sites for hydroxylation is 1. The molecule has 1 rings (SSSR count). The van der Waals surface area contributed by atoms with Crippen molar-refractivity contribution in [2.75, 3.05) is 0 Å². The summed E-state index contributed by atoms with van der Waals surface area (Å²) in [5, 5.41) is 11.1. The number of hydrogen-bond donors (Lipinski definition) is 2. The number of benzene rings is 1. The van der Waals surface area contributed by atoms with Crippen LogP contribution in [0.15, 0.2) is 24.3 Å². The van der Waals surface area contributed by atoms with Gasteiger partial charge in [-0.25, -0.2) is 0 Å². The van der Waals surface area contributed by atoms with Crippen molar-refractivity contribution in [1.82, 2.24) is 5.32 Å². The highest BCUT2D eigenvalue weighted by molar-refractivity contribution is 5.96. The van der Waals surface area contributed by atoms with Gasteiger partial charge in [0.1, 0.15) is 0 Å². The number of nitrogens with one attached hydrogen (secondary N) is 1. The van der Waals surface area contributed by atoms with E-state index < -0.39 is 30.5 Å². The second-order valence-electron chi connectivity index (χ2n) is 4.74. The van der Waals surface area contributed by atoms with Gasteiger partial charge in [0.2, 0.25) is 0 Å². The molecule has 0 fully saturated rings. The average molecular weight is 303 g/mol. The maximum Gasteiger partial charge on any atom is 0.389 e. The zero-order valence-electron chi connectivity index (χ0n) is 11.4. The number of aliphatic carboxylic acids is 1. The lowest BCUT2D eigenvalue weighted by atomic mass is 10.0.